The summed E-state index contributed by atoms with van der Waals surface area (Å²) in [7, 11) is 1.66. The monoisotopic (exact) mass is 271 g/mol. The van der Waals surface area contributed by atoms with Crippen LogP contribution in [0.3, 0.4) is 0 Å². The van der Waals surface area contributed by atoms with Crippen LogP contribution in [0, 0.1) is 0 Å². The molecule has 102 valence electrons. The smallest absolute Gasteiger partial charge is 0.125 e. The van der Waals surface area contributed by atoms with Gasteiger partial charge in [-0.2, -0.15) is 0 Å². The maximum Gasteiger partial charge on any atom is 0.125 e. The molecule has 0 radical (unpaired) electrons. The van der Waals surface area contributed by atoms with Gasteiger partial charge in [0.1, 0.15) is 5.75 Å². The Morgan fingerprint density at radius 1 is 1.39 bits per heavy atom. The Hall–Kier alpha value is -0.770. The summed E-state index contributed by atoms with van der Waals surface area (Å²) < 4.78 is 5.49. The number of hydrogen-bond donors (Lipinski definition) is 2. The summed E-state index contributed by atoms with van der Waals surface area (Å²) in [6, 6.07) is 3.84. The minimum Gasteiger partial charge on any atom is -0.496 e. The summed E-state index contributed by atoms with van der Waals surface area (Å²) in [5, 5.41) is 10.2. The van der Waals surface area contributed by atoms with Crippen molar-refractivity contribution in [1.29, 1.82) is 0 Å². The maximum absolute atomic E-state index is 9.53. The number of methoxy groups -OCH3 is 1. The highest BCUT2D eigenvalue weighted by molar-refractivity contribution is 6.30. The molecule has 0 aliphatic carbocycles. The molecule has 1 aromatic carbocycles. The van der Waals surface area contributed by atoms with Crippen LogP contribution >= 0.6 is 11.6 Å². The Morgan fingerprint density at radius 2 is 2.06 bits per heavy atom. The van der Waals surface area contributed by atoms with Crippen LogP contribution < -0.4 is 10.5 Å². The number of halogens is 1. The van der Waals surface area contributed by atoms with E-state index in [1.54, 1.807) is 7.11 Å². The van der Waals surface area contributed by atoms with Gasteiger partial charge < -0.3 is 15.6 Å². The minimum absolute atomic E-state index is 0.278. The summed E-state index contributed by atoms with van der Waals surface area (Å²) in [5.74, 6) is 1.22. The highest BCUT2D eigenvalue weighted by Gasteiger charge is 2.14. The van der Waals surface area contributed by atoms with Gasteiger partial charge in [-0.1, -0.05) is 25.4 Å². The molecule has 0 saturated carbocycles. The van der Waals surface area contributed by atoms with Crippen LogP contribution in [0.2, 0.25) is 5.02 Å². The molecule has 3 N–H and O–H groups in total. The number of rotatable bonds is 6. The molecular formula is C14H22ClNO2. The molecule has 18 heavy (non-hydrogen) atoms. The Kier molecular flexibility index (Phi) is 5.93. The summed E-state index contributed by atoms with van der Waals surface area (Å²) in [6.07, 6.45) is 0.850. The number of hydrogen-bond acceptors (Lipinski definition) is 3. The molecule has 0 amide bonds. The predicted molar refractivity (Wildman–Crippen MR) is 75.5 cm³/mol. The second-order valence-corrected chi connectivity index (χ2v) is 5.21. The molecule has 0 bridgehead atoms. The van der Waals surface area contributed by atoms with Crippen LogP contribution in [0.4, 0.5) is 0 Å². The fourth-order valence-corrected chi connectivity index (χ4v) is 2.23. The predicted octanol–water partition coefficient (Wildman–Crippen LogP) is 2.72. The van der Waals surface area contributed by atoms with Crippen LogP contribution in [-0.4, -0.2) is 24.9 Å². The van der Waals surface area contributed by atoms with Gasteiger partial charge in [0.05, 0.1) is 13.2 Å². The van der Waals surface area contributed by atoms with Crippen molar-refractivity contribution >= 4 is 11.6 Å². The number of aliphatic hydroxyl groups excluding tert-OH is 1. The third-order valence-corrected chi connectivity index (χ3v) is 3.22. The van der Waals surface area contributed by atoms with E-state index in [1.807, 2.05) is 12.1 Å². The van der Waals surface area contributed by atoms with Gasteiger partial charge in [-0.25, -0.2) is 0 Å². The third kappa shape index (κ3) is 3.87. The van der Waals surface area contributed by atoms with Crippen LogP contribution in [0.25, 0.3) is 0 Å². The molecule has 0 aliphatic heterocycles. The fraction of sp³-hybridized carbons (Fsp3) is 0.571. The molecular weight excluding hydrogens is 250 g/mol. The van der Waals surface area contributed by atoms with E-state index in [1.165, 1.54) is 0 Å². The van der Waals surface area contributed by atoms with E-state index in [9.17, 15) is 5.11 Å². The Labute approximate surface area is 114 Å². The van der Waals surface area contributed by atoms with Gasteiger partial charge in [0, 0.05) is 11.6 Å². The largest absolute Gasteiger partial charge is 0.496 e. The summed E-state index contributed by atoms with van der Waals surface area (Å²) in [5.41, 5.74) is 7.54. The fourth-order valence-electron chi connectivity index (χ4n) is 1.98. The molecule has 4 heteroatoms. The summed E-state index contributed by atoms with van der Waals surface area (Å²) >= 11 is 6.13. The zero-order chi connectivity index (χ0) is 13.7. The van der Waals surface area contributed by atoms with Crippen LogP contribution in [-0.2, 0) is 6.42 Å². The van der Waals surface area contributed by atoms with Crippen molar-refractivity contribution in [3.63, 3.8) is 0 Å². The lowest BCUT2D eigenvalue weighted by Crippen LogP contribution is -2.20. The van der Waals surface area contributed by atoms with Crippen LogP contribution in [0.1, 0.15) is 37.3 Å². The quantitative estimate of drug-likeness (QED) is 0.836. The lowest BCUT2D eigenvalue weighted by Gasteiger charge is -2.17. The average molecular weight is 272 g/mol. The standard InChI is InChI=1S/C14H22ClNO2/c1-9(2)13-7-11(15)6-10(14(13)18-3)4-5-12(17)8-16/h6-7,9,12,17H,4-5,8,16H2,1-3H3. The van der Waals surface area contributed by atoms with E-state index in [0.29, 0.717) is 23.8 Å². The number of nitrogens with two attached hydrogens (primary N) is 1. The minimum atomic E-state index is -0.476. The molecule has 0 saturated heterocycles. The molecule has 0 aliphatic rings. The molecule has 0 spiro atoms. The van der Waals surface area contributed by atoms with E-state index < -0.39 is 6.10 Å². The van der Waals surface area contributed by atoms with Gasteiger partial charge in [-0.15, -0.1) is 0 Å². The Bertz CT molecular complexity index is 394. The topological polar surface area (TPSA) is 55.5 Å². The molecule has 1 unspecified atom stereocenters. The zero-order valence-electron chi connectivity index (χ0n) is 11.2. The first kappa shape index (κ1) is 15.3. The summed E-state index contributed by atoms with van der Waals surface area (Å²) in [4.78, 5) is 0. The van der Waals surface area contributed by atoms with Gasteiger partial charge in [0.2, 0.25) is 0 Å². The molecule has 0 fully saturated rings. The van der Waals surface area contributed by atoms with Gasteiger partial charge in [-0.05, 0) is 42.0 Å². The normalized spacial score (nSPS) is 12.8. The molecule has 3 nitrogen and oxygen atoms in total. The number of benzene rings is 1. The first-order valence-corrected chi connectivity index (χ1v) is 6.61. The number of ether oxygens (including phenoxy) is 1. The SMILES string of the molecule is COc1c(CCC(O)CN)cc(Cl)cc1C(C)C. The third-order valence-electron chi connectivity index (χ3n) is 3.00. The molecule has 1 atom stereocenters. The molecule has 1 rings (SSSR count). The Morgan fingerprint density at radius 3 is 2.56 bits per heavy atom. The lowest BCUT2D eigenvalue weighted by atomic mass is 9.96. The summed E-state index contributed by atoms with van der Waals surface area (Å²) in [6.45, 7) is 4.49. The second-order valence-electron chi connectivity index (χ2n) is 4.77. The van der Waals surface area contributed by atoms with Crippen molar-refractivity contribution in [3.8, 4) is 5.75 Å². The van der Waals surface area contributed by atoms with Crippen molar-refractivity contribution in [2.45, 2.75) is 38.7 Å². The first-order chi connectivity index (χ1) is 8.49. The van der Waals surface area contributed by atoms with Gasteiger partial charge in [0.25, 0.3) is 0 Å². The van der Waals surface area contributed by atoms with E-state index in [2.05, 4.69) is 13.8 Å². The van der Waals surface area contributed by atoms with Crippen molar-refractivity contribution in [2.75, 3.05) is 13.7 Å². The van der Waals surface area contributed by atoms with Crippen LogP contribution in [0.5, 0.6) is 5.75 Å². The molecule has 1 aromatic rings. The second kappa shape index (κ2) is 6.98. The van der Waals surface area contributed by atoms with E-state index >= 15 is 0 Å². The van der Waals surface area contributed by atoms with Crippen molar-refractivity contribution < 1.29 is 9.84 Å². The van der Waals surface area contributed by atoms with E-state index in [4.69, 9.17) is 22.1 Å². The van der Waals surface area contributed by atoms with Crippen molar-refractivity contribution in [2.24, 2.45) is 5.73 Å². The molecule has 0 heterocycles. The number of aryl methyl sites for hydroxylation is 1. The van der Waals surface area contributed by atoms with Crippen molar-refractivity contribution in [3.05, 3.63) is 28.3 Å². The zero-order valence-corrected chi connectivity index (χ0v) is 12.0. The highest BCUT2D eigenvalue weighted by atomic mass is 35.5. The maximum atomic E-state index is 9.53. The van der Waals surface area contributed by atoms with Gasteiger partial charge >= 0.3 is 0 Å². The highest BCUT2D eigenvalue weighted by Crippen LogP contribution is 2.34. The van der Waals surface area contributed by atoms with Gasteiger partial charge in [0.15, 0.2) is 0 Å². The van der Waals surface area contributed by atoms with Crippen LogP contribution in [0.15, 0.2) is 12.1 Å². The van der Waals surface area contributed by atoms with E-state index in [-0.39, 0.29) is 6.54 Å². The van der Waals surface area contributed by atoms with E-state index in [0.717, 1.165) is 16.9 Å². The Balaban J connectivity index is 3.02. The lowest BCUT2D eigenvalue weighted by molar-refractivity contribution is 0.173. The molecule has 0 aromatic heterocycles. The average Bonchev–Trinajstić information content (AvgIpc) is 2.34. The number of aliphatic hydroxyl groups is 1. The van der Waals surface area contributed by atoms with Gasteiger partial charge in [-0.3, -0.25) is 0 Å². The first-order valence-electron chi connectivity index (χ1n) is 6.24. The van der Waals surface area contributed by atoms with Crippen molar-refractivity contribution in [1.82, 2.24) is 0 Å².